The van der Waals surface area contributed by atoms with Crippen molar-refractivity contribution in [1.29, 1.82) is 0 Å². The van der Waals surface area contributed by atoms with Crippen LogP contribution < -0.4 is 5.32 Å². The summed E-state index contributed by atoms with van der Waals surface area (Å²) in [7, 11) is 0. The first-order valence-corrected chi connectivity index (χ1v) is 11.6. The number of aryl methyl sites for hydroxylation is 1. The monoisotopic (exact) mass is 442 g/mol. The summed E-state index contributed by atoms with van der Waals surface area (Å²) in [4.78, 5) is 17.0. The molecule has 31 heavy (non-hydrogen) atoms. The Labute approximate surface area is 188 Å². The summed E-state index contributed by atoms with van der Waals surface area (Å²) < 4.78 is 13.2. The number of hydrogen-bond acceptors (Lipinski definition) is 4. The second-order valence-electron chi connectivity index (χ2n) is 8.86. The number of amides is 1. The van der Waals surface area contributed by atoms with Crippen molar-refractivity contribution in [2.24, 2.45) is 5.92 Å². The molecule has 1 aromatic heterocycles. The zero-order valence-electron chi connectivity index (χ0n) is 18.5. The average Bonchev–Trinajstić information content (AvgIpc) is 3.14. The fourth-order valence-corrected chi connectivity index (χ4v) is 4.71. The third kappa shape index (κ3) is 7.77. The van der Waals surface area contributed by atoms with Gasteiger partial charge in [-0.05, 0) is 88.4 Å². The summed E-state index contributed by atoms with van der Waals surface area (Å²) in [5, 5.41) is 12.7. The van der Waals surface area contributed by atoms with Crippen molar-refractivity contribution in [3.63, 3.8) is 0 Å². The highest BCUT2D eigenvalue weighted by atomic mass is 32.1. The van der Waals surface area contributed by atoms with E-state index in [2.05, 4.69) is 28.1 Å². The normalized spacial score (nSPS) is 17.1. The second kappa shape index (κ2) is 10.4. The molecule has 0 bridgehead atoms. The zero-order chi connectivity index (χ0) is 22.4. The highest BCUT2D eigenvalue weighted by Gasteiger charge is 2.21. The lowest BCUT2D eigenvalue weighted by Crippen LogP contribution is -2.35. The van der Waals surface area contributed by atoms with Crippen LogP contribution in [-0.2, 0) is 11.3 Å². The molecule has 0 saturated carbocycles. The molecule has 0 radical (unpaired) electrons. The Balaban J connectivity index is 1.46. The van der Waals surface area contributed by atoms with E-state index in [0.29, 0.717) is 18.0 Å². The summed E-state index contributed by atoms with van der Waals surface area (Å²) in [6.07, 6.45) is 3.62. The minimum absolute atomic E-state index is 0.0138. The molecule has 166 valence electrons. The maximum absolute atomic E-state index is 13.2. The van der Waals surface area contributed by atoms with Gasteiger partial charge in [-0.3, -0.25) is 9.69 Å². The molecule has 1 atom stereocenters. The third-order valence-corrected chi connectivity index (χ3v) is 6.36. The van der Waals surface area contributed by atoms with Gasteiger partial charge in [0.2, 0.25) is 5.91 Å². The highest BCUT2D eigenvalue weighted by Crippen LogP contribution is 2.25. The number of thiophene rings is 1. The van der Waals surface area contributed by atoms with Crippen LogP contribution in [0.5, 0.6) is 0 Å². The molecule has 6 heteroatoms. The van der Waals surface area contributed by atoms with Gasteiger partial charge in [-0.15, -0.1) is 11.3 Å². The first-order valence-electron chi connectivity index (χ1n) is 10.8. The first kappa shape index (κ1) is 23.5. The van der Waals surface area contributed by atoms with Crippen LogP contribution in [0.15, 0.2) is 30.3 Å². The molecule has 1 saturated heterocycles. The molecule has 1 fully saturated rings. The van der Waals surface area contributed by atoms with Crippen LogP contribution in [0.25, 0.3) is 0 Å². The smallest absolute Gasteiger partial charge is 0.224 e. The maximum atomic E-state index is 13.2. The molecule has 1 aromatic carbocycles. The number of aliphatic hydroxyl groups is 1. The van der Waals surface area contributed by atoms with Gasteiger partial charge >= 0.3 is 0 Å². The van der Waals surface area contributed by atoms with Crippen LogP contribution in [0.1, 0.15) is 54.8 Å². The van der Waals surface area contributed by atoms with Crippen molar-refractivity contribution >= 4 is 22.9 Å². The van der Waals surface area contributed by atoms with E-state index < -0.39 is 5.60 Å². The predicted octanol–water partition coefficient (Wildman–Crippen LogP) is 4.95. The number of likely N-dealkylation sites (tertiary alicyclic amines) is 1. The number of anilines is 1. The van der Waals surface area contributed by atoms with Crippen molar-refractivity contribution in [2.75, 3.05) is 18.4 Å². The van der Waals surface area contributed by atoms with Gasteiger partial charge in [0.05, 0.1) is 4.88 Å². The minimum Gasteiger partial charge on any atom is -0.378 e. The van der Waals surface area contributed by atoms with Crippen LogP contribution in [-0.4, -0.2) is 34.6 Å². The molecule has 4 nitrogen and oxygen atoms in total. The SMILES string of the molecule is Cc1cc(F)ccc1NC(=O)CCC1CCCN(Cc2ccc(C#CC(C)(C)O)s2)C1. The fourth-order valence-electron chi connectivity index (χ4n) is 3.81. The number of carbonyl (C=O) groups is 1. The Bertz CT molecular complexity index is 968. The van der Waals surface area contributed by atoms with E-state index in [9.17, 15) is 14.3 Å². The van der Waals surface area contributed by atoms with Crippen molar-refractivity contribution in [3.05, 3.63) is 51.5 Å². The van der Waals surface area contributed by atoms with E-state index in [1.807, 2.05) is 6.07 Å². The second-order valence-corrected chi connectivity index (χ2v) is 10.0. The number of nitrogens with zero attached hydrogens (tertiary/aromatic N) is 1. The molecule has 3 rings (SSSR count). The van der Waals surface area contributed by atoms with Crippen molar-refractivity contribution in [2.45, 2.75) is 58.6 Å². The number of carbonyl (C=O) groups excluding carboxylic acids is 1. The standard InChI is InChI=1S/C25H31FN2O2S/c1-18-15-20(26)7-10-23(18)27-24(29)11-6-19-5-4-14-28(16-19)17-22-9-8-21(31-22)12-13-25(2,3)30/h7-10,15,19,30H,4-6,11,14,16-17H2,1-3H3,(H,27,29). The number of piperidine rings is 1. The summed E-state index contributed by atoms with van der Waals surface area (Å²) >= 11 is 1.67. The van der Waals surface area contributed by atoms with E-state index in [4.69, 9.17) is 0 Å². The van der Waals surface area contributed by atoms with Crippen molar-refractivity contribution in [3.8, 4) is 11.8 Å². The number of rotatable bonds is 6. The largest absolute Gasteiger partial charge is 0.378 e. The molecular formula is C25H31FN2O2S. The maximum Gasteiger partial charge on any atom is 0.224 e. The first-order chi connectivity index (χ1) is 14.7. The summed E-state index contributed by atoms with van der Waals surface area (Å²) in [5.41, 5.74) is 0.434. The average molecular weight is 443 g/mol. The van der Waals surface area contributed by atoms with E-state index in [0.717, 1.165) is 49.3 Å². The van der Waals surface area contributed by atoms with E-state index in [-0.39, 0.29) is 11.7 Å². The topological polar surface area (TPSA) is 52.6 Å². The van der Waals surface area contributed by atoms with Gasteiger partial charge < -0.3 is 10.4 Å². The predicted molar refractivity (Wildman–Crippen MR) is 124 cm³/mol. The van der Waals surface area contributed by atoms with Gasteiger partial charge in [0.15, 0.2) is 0 Å². The number of hydrogen-bond donors (Lipinski definition) is 2. The van der Waals surface area contributed by atoms with Crippen LogP contribution in [0.4, 0.5) is 10.1 Å². The molecule has 1 unspecified atom stereocenters. The minimum atomic E-state index is -0.980. The molecule has 1 aliphatic heterocycles. The van der Waals surface area contributed by atoms with Crippen LogP contribution in [0, 0.1) is 30.5 Å². The van der Waals surface area contributed by atoms with Gasteiger partial charge in [-0.1, -0.05) is 11.8 Å². The Kier molecular flexibility index (Phi) is 7.88. The van der Waals surface area contributed by atoms with Crippen molar-refractivity contribution in [1.82, 2.24) is 4.90 Å². The van der Waals surface area contributed by atoms with Crippen LogP contribution in [0.2, 0.25) is 0 Å². The fraction of sp³-hybridized carbons (Fsp3) is 0.480. The van der Waals surface area contributed by atoms with Gasteiger partial charge in [-0.25, -0.2) is 4.39 Å². The summed E-state index contributed by atoms with van der Waals surface area (Å²) in [6, 6.07) is 8.55. The van der Waals surface area contributed by atoms with Gasteiger partial charge in [0, 0.05) is 30.1 Å². The van der Waals surface area contributed by atoms with Crippen LogP contribution >= 0.6 is 11.3 Å². The Morgan fingerprint density at radius 2 is 2.16 bits per heavy atom. The molecule has 1 amide bonds. The van der Waals surface area contributed by atoms with Crippen LogP contribution in [0.3, 0.4) is 0 Å². The molecule has 2 aromatic rings. The highest BCUT2D eigenvalue weighted by molar-refractivity contribution is 7.12. The summed E-state index contributed by atoms with van der Waals surface area (Å²) in [6.45, 7) is 8.12. The van der Waals surface area contributed by atoms with E-state index in [1.165, 1.54) is 17.0 Å². The Morgan fingerprint density at radius 1 is 1.35 bits per heavy atom. The third-order valence-electron chi connectivity index (χ3n) is 5.38. The lowest BCUT2D eigenvalue weighted by Gasteiger charge is -2.32. The number of halogens is 1. The number of nitrogens with one attached hydrogen (secondary N) is 1. The lowest BCUT2D eigenvalue weighted by molar-refractivity contribution is -0.116. The molecule has 0 aliphatic carbocycles. The molecule has 0 spiro atoms. The van der Waals surface area contributed by atoms with E-state index >= 15 is 0 Å². The van der Waals surface area contributed by atoms with Crippen molar-refractivity contribution < 1.29 is 14.3 Å². The lowest BCUT2D eigenvalue weighted by atomic mass is 9.93. The van der Waals surface area contributed by atoms with E-state index in [1.54, 1.807) is 38.2 Å². The van der Waals surface area contributed by atoms with Gasteiger partial charge in [0.1, 0.15) is 11.4 Å². The molecular weight excluding hydrogens is 411 g/mol. The zero-order valence-corrected chi connectivity index (χ0v) is 19.3. The molecule has 1 aliphatic rings. The summed E-state index contributed by atoms with van der Waals surface area (Å²) in [5.74, 6) is 6.10. The number of benzene rings is 1. The Morgan fingerprint density at radius 3 is 2.90 bits per heavy atom. The van der Waals surface area contributed by atoms with Gasteiger partial charge in [-0.2, -0.15) is 0 Å². The van der Waals surface area contributed by atoms with Gasteiger partial charge in [0.25, 0.3) is 0 Å². The molecule has 2 N–H and O–H groups in total. The molecule has 2 heterocycles. The quantitative estimate of drug-likeness (QED) is 0.623. The Hall–Kier alpha value is -2.20.